The fraction of sp³-hybridized carbons (Fsp3) is 0.350. The number of nitrogens with one attached hydrogen (secondary N) is 1. The largest absolute Gasteiger partial charge is 0.339 e. The molecule has 1 fully saturated rings. The van der Waals surface area contributed by atoms with Crippen LogP contribution in [0.4, 0.5) is 0 Å². The molecule has 0 bridgehead atoms. The van der Waals surface area contributed by atoms with Gasteiger partial charge in [-0.1, -0.05) is 30.3 Å². The Morgan fingerprint density at radius 1 is 1.15 bits per heavy atom. The summed E-state index contributed by atoms with van der Waals surface area (Å²) in [6.45, 7) is 1.65. The number of piperidine rings is 1. The lowest BCUT2D eigenvalue weighted by atomic mass is 9.90. The molecule has 6 heteroatoms. The fourth-order valence-electron chi connectivity index (χ4n) is 3.65. The number of hydrogen-bond acceptors (Lipinski definition) is 3. The Kier molecular flexibility index (Phi) is 4.84. The van der Waals surface area contributed by atoms with Crippen LogP contribution in [0.2, 0.25) is 0 Å². The van der Waals surface area contributed by atoms with E-state index < -0.39 is 0 Å². The summed E-state index contributed by atoms with van der Waals surface area (Å²) in [5.41, 5.74) is 2.79. The highest BCUT2D eigenvalue weighted by Crippen LogP contribution is 2.23. The van der Waals surface area contributed by atoms with Crippen LogP contribution in [0.25, 0.3) is 5.65 Å². The first-order chi connectivity index (χ1) is 12.7. The predicted octanol–water partition coefficient (Wildman–Crippen LogP) is 3.88. The lowest BCUT2D eigenvalue weighted by molar-refractivity contribution is 0.0686. The van der Waals surface area contributed by atoms with Crippen molar-refractivity contribution in [1.29, 1.82) is 0 Å². The number of carbonyl (C=O) groups is 1. The molecule has 0 unspecified atom stereocenters. The summed E-state index contributed by atoms with van der Waals surface area (Å²) in [5.74, 6) is 0.778. The summed E-state index contributed by atoms with van der Waals surface area (Å²) in [7, 11) is 0. The van der Waals surface area contributed by atoms with Crippen molar-refractivity contribution in [2.24, 2.45) is 5.92 Å². The smallest absolute Gasteiger partial charge is 0.255 e. The van der Waals surface area contributed by atoms with E-state index in [9.17, 15) is 4.79 Å². The third-order valence-electron chi connectivity index (χ3n) is 5.24. The number of aromatic amines is 1. The number of benzene rings is 1. The quantitative estimate of drug-likeness (QED) is 0.713. The maximum atomic E-state index is 12.8. The molecule has 1 aromatic carbocycles. The van der Waals surface area contributed by atoms with Crippen molar-refractivity contribution in [3.05, 3.63) is 64.6 Å². The molecule has 2 aromatic heterocycles. The molecule has 4 rings (SSSR count). The number of carbonyl (C=O) groups excluding carboxylic acids is 1. The van der Waals surface area contributed by atoms with Gasteiger partial charge in [0.25, 0.3) is 5.91 Å². The maximum Gasteiger partial charge on any atom is 0.255 e. The average Bonchev–Trinajstić information content (AvgIpc) is 3.07. The number of pyridine rings is 1. The number of aromatic nitrogens is 3. The molecule has 1 saturated heterocycles. The monoisotopic (exact) mass is 366 g/mol. The highest BCUT2D eigenvalue weighted by atomic mass is 32.1. The summed E-state index contributed by atoms with van der Waals surface area (Å²) in [6.07, 6.45) is 6.25. The Morgan fingerprint density at radius 3 is 2.69 bits per heavy atom. The first-order valence-corrected chi connectivity index (χ1v) is 9.51. The van der Waals surface area contributed by atoms with Crippen molar-refractivity contribution in [2.45, 2.75) is 25.7 Å². The minimum atomic E-state index is 0.0801. The first kappa shape index (κ1) is 17.0. The van der Waals surface area contributed by atoms with Crippen LogP contribution in [-0.4, -0.2) is 38.5 Å². The topological polar surface area (TPSA) is 53.4 Å². The summed E-state index contributed by atoms with van der Waals surface area (Å²) in [6, 6.07) is 14.3. The van der Waals surface area contributed by atoms with Crippen LogP contribution in [0, 0.1) is 10.7 Å². The van der Waals surface area contributed by atoms with Gasteiger partial charge in [-0.2, -0.15) is 5.10 Å². The lowest BCUT2D eigenvalue weighted by Gasteiger charge is -2.32. The van der Waals surface area contributed by atoms with Gasteiger partial charge in [0.1, 0.15) is 0 Å². The second kappa shape index (κ2) is 7.41. The van der Waals surface area contributed by atoms with Crippen LogP contribution in [0.5, 0.6) is 0 Å². The summed E-state index contributed by atoms with van der Waals surface area (Å²) >= 11 is 5.19. The standard InChI is InChI=1S/C20H22N4OS/c25-19(17-8-9-18-21-22-20(26)24(18)14-17)23-12-10-16(11-13-23)7-6-15-4-2-1-3-5-15/h1-5,8-9,14,16H,6-7,10-13H2,(H,22,26). The van der Waals surface area contributed by atoms with E-state index in [1.54, 1.807) is 10.6 Å². The van der Waals surface area contributed by atoms with E-state index in [1.807, 2.05) is 17.0 Å². The normalized spacial score (nSPS) is 15.5. The SMILES string of the molecule is O=C(c1ccc2n[nH]c(=S)n2c1)N1CCC(CCc2ccccc2)CC1. The van der Waals surface area contributed by atoms with E-state index in [2.05, 4.69) is 40.5 Å². The molecule has 0 atom stereocenters. The van der Waals surface area contributed by atoms with Crippen molar-refractivity contribution in [3.8, 4) is 0 Å². The molecule has 5 nitrogen and oxygen atoms in total. The van der Waals surface area contributed by atoms with Crippen molar-refractivity contribution < 1.29 is 4.79 Å². The molecule has 3 heterocycles. The molecule has 134 valence electrons. The molecule has 3 aromatic rings. The Morgan fingerprint density at radius 2 is 1.92 bits per heavy atom. The van der Waals surface area contributed by atoms with Gasteiger partial charge in [-0.25, -0.2) is 0 Å². The molecule has 1 aliphatic heterocycles. The van der Waals surface area contributed by atoms with E-state index in [4.69, 9.17) is 12.2 Å². The number of aryl methyl sites for hydroxylation is 1. The van der Waals surface area contributed by atoms with Gasteiger partial charge in [0.15, 0.2) is 10.4 Å². The first-order valence-electron chi connectivity index (χ1n) is 9.11. The molecule has 1 amide bonds. The number of hydrogen-bond donors (Lipinski definition) is 1. The summed E-state index contributed by atoms with van der Waals surface area (Å²) < 4.78 is 2.25. The second-order valence-electron chi connectivity index (χ2n) is 6.93. The average molecular weight is 366 g/mol. The van der Waals surface area contributed by atoms with E-state index in [0.717, 1.165) is 38.0 Å². The Balaban J connectivity index is 1.35. The van der Waals surface area contributed by atoms with Crippen LogP contribution in [0.3, 0.4) is 0 Å². The Labute approximate surface area is 157 Å². The fourth-order valence-corrected chi connectivity index (χ4v) is 3.85. The van der Waals surface area contributed by atoms with Crippen LogP contribution >= 0.6 is 12.2 Å². The van der Waals surface area contributed by atoms with Gasteiger partial charge in [-0.3, -0.25) is 14.3 Å². The molecular weight excluding hydrogens is 344 g/mol. The van der Waals surface area contributed by atoms with Crippen molar-refractivity contribution in [1.82, 2.24) is 19.5 Å². The lowest BCUT2D eigenvalue weighted by Crippen LogP contribution is -2.38. The Bertz CT molecular complexity index is 955. The second-order valence-corrected chi connectivity index (χ2v) is 7.32. The van der Waals surface area contributed by atoms with Crippen molar-refractivity contribution in [3.63, 3.8) is 0 Å². The van der Waals surface area contributed by atoms with Crippen molar-refractivity contribution in [2.75, 3.05) is 13.1 Å². The van der Waals surface area contributed by atoms with Crippen molar-refractivity contribution >= 4 is 23.8 Å². The maximum absolute atomic E-state index is 12.8. The molecular formula is C20H22N4OS. The molecule has 26 heavy (non-hydrogen) atoms. The zero-order chi connectivity index (χ0) is 17.9. The van der Waals surface area contributed by atoms with Gasteiger partial charge < -0.3 is 4.90 Å². The van der Waals surface area contributed by atoms with Gasteiger partial charge in [-0.15, -0.1) is 0 Å². The van der Waals surface area contributed by atoms with Gasteiger partial charge in [0.05, 0.1) is 5.56 Å². The predicted molar refractivity (Wildman–Crippen MR) is 104 cm³/mol. The van der Waals surface area contributed by atoms with Gasteiger partial charge >= 0.3 is 0 Å². The zero-order valence-electron chi connectivity index (χ0n) is 14.6. The number of rotatable bonds is 4. The molecule has 0 radical (unpaired) electrons. The highest BCUT2D eigenvalue weighted by Gasteiger charge is 2.23. The van der Waals surface area contributed by atoms with Gasteiger partial charge in [-0.05, 0) is 61.5 Å². The van der Waals surface area contributed by atoms with Crippen LogP contribution in [0.1, 0.15) is 35.2 Å². The third kappa shape index (κ3) is 3.55. The number of fused-ring (bicyclic) bond motifs is 1. The summed E-state index contributed by atoms with van der Waals surface area (Å²) in [4.78, 5) is 14.8. The van der Waals surface area contributed by atoms with E-state index >= 15 is 0 Å². The minimum absolute atomic E-state index is 0.0801. The van der Waals surface area contributed by atoms with Gasteiger partial charge in [0.2, 0.25) is 0 Å². The molecule has 1 aliphatic rings. The summed E-state index contributed by atoms with van der Waals surface area (Å²) in [5, 5.41) is 6.85. The number of H-pyrrole nitrogens is 1. The molecule has 0 spiro atoms. The van der Waals surface area contributed by atoms with Gasteiger partial charge in [0, 0.05) is 19.3 Å². The van der Waals surface area contributed by atoms with E-state index in [-0.39, 0.29) is 5.91 Å². The molecule has 1 N–H and O–H groups in total. The highest BCUT2D eigenvalue weighted by molar-refractivity contribution is 7.71. The molecule has 0 saturated carbocycles. The number of nitrogens with zero attached hydrogens (tertiary/aromatic N) is 3. The minimum Gasteiger partial charge on any atom is -0.339 e. The van der Waals surface area contributed by atoms with Crippen LogP contribution < -0.4 is 0 Å². The zero-order valence-corrected chi connectivity index (χ0v) is 15.4. The third-order valence-corrected chi connectivity index (χ3v) is 5.53. The number of likely N-dealkylation sites (tertiary alicyclic amines) is 1. The Hall–Kier alpha value is -2.47. The van der Waals surface area contributed by atoms with Crippen LogP contribution in [-0.2, 0) is 6.42 Å². The number of amides is 1. The van der Waals surface area contributed by atoms with Crippen LogP contribution in [0.15, 0.2) is 48.7 Å². The van der Waals surface area contributed by atoms with E-state index in [0.29, 0.717) is 16.3 Å². The van der Waals surface area contributed by atoms with E-state index in [1.165, 1.54) is 12.0 Å². The molecule has 0 aliphatic carbocycles.